The fraction of sp³-hybridized carbons (Fsp3) is 0.381. The van der Waals surface area contributed by atoms with E-state index < -0.39 is 23.9 Å². The Labute approximate surface area is 168 Å². The fourth-order valence-electron chi connectivity index (χ4n) is 3.89. The van der Waals surface area contributed by atoms with Gasteiger partial charge in [0.2, 0.25) is 0 Å². The second-order valence-corrected chi connectivity index (χ2v) is 7.20. The van der Waals surface area contributed by atoms with Gasteiger partial charge in [-0.15, -0.1) is 0 Å². The lowest BCUT2D eigenvalue weighted by Crippen LogP contribution is -2.47. The minimum atomic E-state index is -0.902. The van der Waals surface area contributed by atoms with E-state index in [1.54, 1.807) is 24.3 Å². The van der Waals surface area contributed by atoms with Gasteiger partial charge in [-0.05, 0) is 55.8 Å². The van der Waals surface area contributed by atoms with Gasteiger partial charge in [0.15, 0.2) is 0 Å². The molecule has 1 heterocycles. The first kappa shape index (κ1) is 20.4. The van der Waals surface area contributed by atoms with Gasteiger partial charge < -0.3 is 14.6 Å². The Hall–Kier alpha value is -2.31. The smallest absolute Gasteiger partial charge is 0.320 e. The highest BCUT2D eigenvalue weighted by molar-refractivity contribution is 6.30. The second-order valence-electron chi connectivity index (χ2n) is 6.76. The van der Waals surface area contributed by atoms with Gasteiger partial charge in [0.05, 0.1) is 20.3 Å². The quantitative estimate of drug-likeness (QED) is 0.762. The lowest BCUT2D eigenvalue weighted by atomic mass is 9.90. The minimum absolute atomic E-state index is 0.425. The maximum atomic E-state index is 14.2. The van der Waals surface area contributed by atoms with Crippen molar-refractivity contribution in [3.05, 3.63) is 58.4 Å². The van der Waals surface area contributed by atoms with Crippen molar-refractivity contribution >= 4 is 17.6 Å². The molecule has 0 amide bonds. The molecule has 2 aromatic carbocycles. The number of carbonyl (C=O) groups is 1. The van der Waals surface area contributed by atoms with Crippen LogP contribution in [0.5, 0.6) is 11.5 Å². The number of nitrogens with zero attached hydrogens (tertiary/aromatic N) is 1. The number of ether oxygens (including phenoxy) is 2. The molecule has 7 heteroatoms. The largest absolute Gasteiger partial charge is 0.496 e. The predicted octanol–water partition coefficient (Wildman–Crippen LogP) is 4.52. The van der Waals surface area contributed by atoms with Gasteiger partial charge in [0.25, 0.3) is 0 Å². The number of piperidine rings is 1. The molecule has 5 nitrogen and oxygen atoms in total. The van der Waals surface area contributed by atoms with Crippen molar-refractivity contribution in [3.63, 3.8) is 0 Å². The van der Waals surface area contributed by atoms with Gasteiger partial charge in [0.1, 0.15) is 23.4 Å². The normalized spacial score (nSPS) is 18.5. The van der Waals surface area contributed by atoms with Crippen LogP contribution in [0.25, 0.3) is 0 Å². The van der Waals surface area contributed by atoms with Crippen LogP contribution in [-0.2, 0) is 4.79 Å². The number of benzene rings is 2. The molecule has 0 aromatic heterocycles. The van der Waals surface area contributed by atoms with E-state index in [1.807, 2.05) is 4.90 Å². The average molecular weight is 408 g/mol. The Morgan fingerprint density at radius 2 is 1.79 bits per heavy atom. The van der Waals surface area contributed by atoms with Gasteiger partial charge in [-0.25, -0.2) is 4.39 Å². The number of methoxy groups -OCH3 is 2. The zero-order valence-electron chi connectivity index (χ0n) is 15.8. The van der Waals surface area contributed by atoms with E-state index >= 15 is 0 Å². The van der Waals surface area contributed by atoms with E-state index in [-0.39, 0.29) is 0 Å². The zero-order valence-corrected chi connectivity index (χ0v) is 16.6. The van der Waals surface area contributed by atoms with Crippen LogP contribution >= 0.6 is 11.6 Å². The number of rotatable bonds is 6. The first-order chi connectivity index (χ1) is 13.5. The zero-order chi connectivity index (χ0) is 20.3. The summed E-state index contributed by atoms with van der Waals surface area (Å²) in [6.45, 7) is 0.553. The molecule has 1 N–H and O–H groups in total. The SMILES string of the molecule is COc1ccc(F)cc1C(c1cc(Cl)ccc1OC)N1CCCCC1C(=O)O. The van der Waals surface area contributed by atoms with Crippen molar-refractivity contribution in [2.24, 2.45) is 0 Å². The second kappa shape index (κ2) is 8.80. The average Bonchev–Trinajstić information content (AvgIpc) is 2.69. The Bertz CT molecular complexity index is 807. The highest BCUT2D eigenvalue weighted by Crippen LogP contribution is 2.42. The summed E-state index contributed by atoms with van der Waals surface area (Å²) in [5.41, 5.74) is 1.21. The highest BCUT2D eigenvalue weighted by Gasteiger charge is 2.37. The maximum Gasteiger partial charge on any atom is 0.320 e. The molecule has 0 saturated carbocycles. The summed E-state index contributed by atoms with van der Waals surface area (Å²) in [5, 5.41) is 10.3. The van der Waals surface area contributed by atoms with Gasteiger partial charge in [0, 0.05) is 16.1 Å². The van der Waals surface area contributed by atoms with Gasteiger partial charge in [-0.2, -0.15) is 0 Å². The minimum Gasteiger partial charge on any atom is -0.496 e. The summed E-state index contributed by atoms with van der Waals surface area (Å²) >= 11 is 6.25. The van der Waals surface area contributed by atoms with E-state index in [2.05, 4.69) is 0 Å². The van der Waals surface area contributed by atoms with Crippen molar-refractivity contribution in [1.82, 2.24) is 4.90 Å². The molecule has 28 heavy (non-hydrogen) atoms. The Morgan fingerprint density at radius 3 is 2.43 bits per heavy atom. The van der Waals surface area contributed by atoms with Gasteiger partial charge in [-0.1, -0.05) is 18.0 Å². The number of hydrogen-bond acceptors (Lipinski definition) is 4. The van der Waals surface area contributed by atoms with Crippen molar-refractivity contribution in [2.45, 2.75) is 31.3 Å². The molecule has 0 radical (unpaired) electrons. The molecule has 0 aliphatic carbocycles. The Morgan fingerprint density at radius 1 is 1.14 bits per heavy atom. The monoisotopic (exact) mass is 407 g/mol. The first-order valence-corrected chi connectivity index (χ1v) is 9.49. The summed E-state index contributed by atoms with van der Waals surface area (Å²) in [4.78, 5) is 13.8. The molecule has 2 unspecified atom stereocenters. The van der Waals surface area contributed by atoms with Crippen LogP contribution < -0.4 is 9.47 Å². The van der Waals surface area contributed by atoms with Gasteiger partial charge in [-0.3, -0.25) is 9.69 Å². The molecule has 1 fully saturated rings. The topological polar surface area (TPSA) is 59.0 Å². The summed E-state index contributed by atoms with van der Waals surface area (Å²) in [6, 6.07) is 8.15. The number of carboxylic acid groups (broad SMARTS) is 1. The lowest BCUT2D eigenvalue weighted by Gasteiger charge is -2.40. The summed E-state index contributed by atoms with van der Waals surface area (Å²) in [6.07, 6.45) is 2.19. The molecule has 0 spiro atoms. The highest BCUT2D eigenvalue weighted by atomic mass is 35.5. The molecule has 1 saturated heterocycles. The number of hydrogen-bond donors (Lipinski definition) is 1. The molecular formula is C21H23ClFNO4. The van der Waals surface area contributed by atoms with E-state index in [1.165, 1.54) is 26.4 Å². The molecule has 2 aromatic rings. The van der Waals surface area contributed by atoms with Gasteiger partial charge >= 0.3 is 5.97 Å². The predicted molar refractivity (Wildman–Crippen MR) is 105 cm³/mol. The first-order valence-electron chi connectivity index (χ1n) is 9.11. The van der Waals surface area contributed by atoms with Crippen molar-refractivity contribution in [2.75, 3.05) is 20.8 Å². The third-order valence-electron chi connectivity index (χ3n) is 5.13. The number of aliphatic carboxylic acids is 1. The van der Waals surface area contributed by atoms with E-state index in [0.717, 1.165) is 12.8 Å². The third-order valence-corrected chi connectivity index (χ3v) is 5.37. The summed E-state index contributed by atoms with van der Waals surface area (Å²) < 4.78 is 25.2. The Balaban J connectivity index is 2.24. The van der Waals surface area contributed by atoms with Crippen molar-refractivity contribution < 1.29 is 23.8 Å². The fourth-order valence-corrected chi connectivity index (χ4v) is 4.07. The molecule has 1 aliphatic rings. The van der Waals surface area contributed by atoms with Crippen molar-refractivity contribution in [1.29, 1.82) is 0 Å². The van der Waals surface area contributed by atoms with E-state index in [9.17, 15) is 14.3 Å². The summed E-state index contributed by atoms with van der Waals surface area (Å²) in [5.74, 6) is -0.301. The standard InChI is InChI=1S/C21H23ClFNO4/c1-27-18-8-6-13(22)11-15(18)20(16-12-14(23)7-9-19(16)28-2)24-10-4-3-5-17(24)21(25)26/h6-9,11-12,17,20H,3-5,10H2,1-2H3,(H,25,26). The summed E-state index contributed by atoms with van der Waals surface area (Å²) in [7, 11) is 3.05. The number of likely N-dealkylation sites (tertiary alicyclic amines) is 1. The van der Waals surface area contributed by atoms with Crippen LogP contribution in [-0.4, -0.2) is 42.8 Å². The van der Waals surface area contributed by atoms with Crippen LogP contribution in [0, 0.1) is 5.82 Å². The molecule has 1 aliphatic heterocycles. The van der Waals surface area contributed by atoms with Crippen molar-refractivity contribution in [3.8, 4) is 11.5 Å². The van der Waals surface area contributed by atoms with Crippen LogP contribution in [0.1, 0.15) is 36.4 Å². The molecule has 3 rings (SSSR count). The third kappa shape index (κ3) is 4.08. The lowest BCUT2D eigenvalue weighted by molar-refractivity contribution is -0.145. The maximum absolute atomic E-state index is 14.2. The molecular weight excluding hydrogens is 385 g/mol. The van der Waals surface area contributed by atoms with E-state index in [0.29, 0.717) is 40.6 Å². The number of halogens is 2. The molecule has 2 atom stereocenters. The number of carboxylic acids is 1. The van der Waals surface area contributed by atoms with Crippen LogP contribution in [0.4, 0.5) is 4.39 Å². The Kier molecular flexibility index (Phi) is 6.42. The van der Waals surface area contributed by atoms with E-state index in [4.69, 9.17) is 21.1 Å². The molecule has 0 bridgehead atoms. The van der Waals surface area contributed by atoms with Crippen LogP contribution in [0.2, 0.25) is 5.02 Å². The molecule has 150 valence electrons. The van der Waals surface area contributed by atoms with Crippen LogP contribution in [0.3, 0.4) is 0 Å². The van der Waals surface area contributed by atoms with Crippen LogP contribution in [0.15, 0.2) is 36.4 Å².